The number of ether oxygens (including phenoxy) is 1. The van der Waals surface area contributed by atoms with Crippen molar-refractivity contribution in [2.24, 2.45) is 0 Å². The number of nitrogens with zero attached hydrogens (tertiary/aromatic N) is 1. The number of anilines is 1. The molecule has 126 valence electrons. The van der Waals surface area contributed by atoms with Crippen molar-refractivity contribution in [1.82, 2.24) is 0 Å². The Labute approximate surface area is 152 Å². The number of rotatable bonds is 4. The minimum absolute atomic E-state index is 0.123. The number of methoxy groups -OCH3 is 1. The number of carbonyl (C=O) groups excluding carboxylic acids is 1. The van der Waals surface area contributed by atoms with E-state index in [1.807, 2.05) is 6.07 Å². The van der Waals surface area contributed by atoms with Crippen LogP contribution in [0.1, 0.15) is 20.8 Å². The smallest absolute Gasteiger partial charge is 0.266 e. The lowest BCUT2D eigenvalue weighted by Gasteiger charge is -2.07. The molecule has 25 heavy (non-hydrogen) atoms. The lowest BCUT2D eigenvalue weighted by atomic mass is 10.1. The molecule has 0 bridgehead atoms. The summed E-state index contributed by atoms with van der Waals surface area (Å²) in [4.78, 5) is 13.0. The van der Waals surface area contributed by atoms with Gasteiger partial charge in [0, 0.05) is 28.4 Å². The van der Waals surface area contributed by atoms with E-state index in [0.717, 1.165) is 0 Å². The molecule has 7 heteroatoms. The fourth-order valence-electron chi connectivity index (χ4n) is 2.50. The minimum Gasteiger partial charge on any atom is -0.380 e. The topological polar surface area (TPSA) is 62.1 Å². The van der Waals surface area contributed by atoms with E-state index in [2.05, 4.69) is 5.32 Å². The summed E-state index contributed by atoms with van der Waals surface area (Å²) >= 11 is 7.18. The van der Waals surface area contributed by atoms with E-state index in [0.29, 0.717) is 31.8 Å². The summed E-state index contributed by atoms with van der Waals surface area (Å²) in [6.45, 7) is 0.123. The Balaban J connectivity index is 2.00. The van der Waals surface area contributed by atoms with Crippen molar-refractivity contribution in [2.45, 2.75) is 6.61 Å². The number of hydrogen-bond acceptors (Lipinski definition) is 4. The third-order valence-corrected chi connectivity index (χ3v) is 5.11. The first-order valence-corrected chi connectivity index (χ1v) is 8.44. The van der Waals surface area contributed by atoms with E-state index in [1.54, 1.807) is 18.2 Å². The molecule has 0 unspecified atom stereocenters. The van der Waals surface area contributed by atoms with Crippen LogP contribution in [0.5, 0.6) is 0 Å². The number of carbonyl (C=O) groups is 1. The van der Waals surface area contributed by atoms with Crippen molar-refractivity contribution in [2.75, 3.05) is 12.4 Å². The molecule has 0 fully saturated rings. The molecule has 0 aliphatic rings. The number of thiophene rings is 1. The van der Waals surface area contributed by atoms with Gasteiger partial charge in [-0.05, 0) is 30.3 Å². The van der Waals surface area contributed by atoms with Crippen LogP contribution >= 0.6 is 22.9 Å². The molecule has 0 radical (unpaired) electrons. The van der Waals surface area contributed by atoms with Crippen LogP contribution in [0.15, 0.2) is 36.4 Å². The Morgan fingerprint density at radius 3 is 2.88 bits per heavy atom. The molecular formula is C18H12ClFN2O2S. The van der Waals surface area contributed by atoms with Crippen LogP contribution in [0, 0.1) is 17.1 Å². The van der Waals surface area contributed by atoms with Gasteiger partial charge in [-0.2, -0.15) is 5.26 Å². The molecule has 0 spiro atoms. The van der Waals surface area contributed by atoms with Crippen molar-refractivity contribution in [3.05, 3.63) is 63.2 Å². The lowest BCUT2D eigenvalue weighted by Crippen LogP contribution is -2.12. The third kappa shape index (κ3) is 3.35. The molecule has 0 atom stereocenters. The van der Waals surface area contributed by atoms with Crippen molar-refractivity contribution >= 4 is 44.6 Å². The highest BCUT2D eigenvalue weighted by atomic mass is 35.5. The highest BCUT2D eigenvalue weighted by molar-refractivity contribution is 7.21. The maximum atomic E-state index is 14.2. The van der Waals surface area contributed by atoms with Crippen molar-refractivity contribution in [3.8, 4) is 6.07 Å². The van der Waals surface area contributed by atoms with E-state index in [9.17, 15) is 9.18 Å². The Morgan fingerprint density at radius 1 is 1.40 bits per heavy atom. The van der Waals surface area contributed by atoms with Crippen LogP contribution < -0.4 is 5.32 Å². The predicted octanol–water partition coefficient (Wildman–Crippen LogP) is 4.96. The average molecular weight is 375 g/mol. The van der Waals surface area contributed by atoms with Gasteiger partial charge >= 0.3 is 0 Å². The molecule has 0 saturated heterocycles. The summed E-state index contributed by atoms with van der Waals surface area (Å²) in [5, 5.41) is 12.3. The van der Waals surface area contributed by atoms with E-state index < -0.39 is 0 Å². The van der Waals surface area contributed by atoms with E-state index >= 15 is 0 Å². The van der Waals surface area contributed by atoms with Crippen LogP contribution in [0.25, 0.3) is 10.1 Å². The molecular weight excluding hydrogens is 363 g/mol. The number of fused-ring (bicyclic) bond motifs is 1. The van der Waals surface area contributed by atoms with E-state index in [1.165, 1.54) is 36.6 Å². The van der Waals surface area contributed by atoms with Gasteiger partial charge in [0.05, 0.1) is 22.1 Å². The zero-order valence-electron chi connectivity index (χ0n) is 13.1. The SMILES string of the molecule is COCc1c(C(=O)Nc2ccc(C#N)c(Cl)c2)sc2cccc(F)c12. The summed E-state index contributed by atoms with van der Waals surface area (Å²) in [5.74, 6) is -0.769. The second kappa shape index (κ2) is 7.19. The van der Waals surface area contributed by atoms with E-state index in [4.69, 9.17) is 21.6 Å². The number of benzene rings is 2. The second-order valence-corrected chi connectivity index (χ2v) is 6.68. The molecule has 3 rings (SSSR count). The summed E-state index contributed by atoms with van der Waals surface area (Å²) in [6.07, 6.45) is 0. The fourth-order valence-corrected chi connectivity index (χ4v) is 3.84. The maximum absolute atomic E-state index is 14.2. The number of amides is 1. The number of nitrogens with one attached hydrogen (secondary N) is 1. The lowest BCUT2D eigenvalue weighted by molar-refractivity contribution is 0.102. The van der Waals surface area contributed by atoms with Gasteiger partial charge in [0.1, 0.15) is 11.9 Å². The summed E-state index contributed by atoms with van der Waals surface area (Å²) < 4.78 is 20.0. The largest absolute Gasteiger partial charge is 0.380 e. The van der Waals surface area contributed by atoms with Gasteiger partial charge in [-0.1, -0.05) is 17.7 Å². The third-order valence-electron chi connectivity index (χ3n) is 3.61. The normalized spacial score (nSPS) is 10.6. The van der Waals surface area contributed by atoms with Gasteiger partial charge in [-0.3, -0.25) is 4.79 Å². The molecule has 1 N–H and O–H groups in total. The summed E-state index contributed by atoms with van der Waals surface area (Å²) in [5.41, 5.74) is 1.29. The van der Waals surface area contributed by atoms with E-state index in [-0.39, 0.29) is 23.4 Å². The first-order chi connectivity index (χ1) is 12.0. The number of halogens is 2. The maximum Gasteiger partial charge on any atom is 0.266 e. The predicted molar refractivity (Wildman–Crippen MR) is 96.6 cm³/mol. The molecule has 0 saturated carbocycles. The quantitative estimate of drug-likeness (QED) is 0.701. The first kappa shape index (κ1) is 17.4. The zero-order valence-corrected chi connectivity index (χ0v) is 14.7. The molecule has 2 aromatic carbocycles. The Hall–Kier alpha value is -2.46. The van der Waals surface area contributed by atoms with Crippen molar-refractivity contribution in [1.29, 1.82) is 5.26 Å². The van der Waals surface area contributed by atoms with Gasteiger partial charge in [-0.15, -0.1) is 11.3 Å². The molecule has 0 aliphatic heterocycles. The van der Waals surface area contributed by atoms with Gasteiger partial charge in [0.25, 0.3) is 5.91 Å². The monoisotopic (exact) mass is 374 g/mol. The zero-order chi connectivity index (χ0) is 18.0. The van der Waals surface area contributed by atoms with Gasteiger partial charge < -0.3 is 10.1 Å². The van der Waals surface area contributed by atoms with Crippen LogP contribution in [0.3, 0.4) is 0 Å². The molecule has 3 aromatic rings. The van der Waals surface area contributed by atoms with Crippen LogP contribution in [0.4, 0.5) is 10.1 Å². The highest BCUT2D eigenvalue weighted by Crippen LogP contribution is 2.34. The second-order valence-electron chi connectivity index (χ2n) is 5.22. The Bertz CT molecular complexity index is 1010. The van der Waals surface area contributed by atoms with Gasteiger partial charge in [-0.25, -0.2) is 4.39 Å². The van der Waals surface area contributed by atoms with Crippen LogP contribution in [-0.4, -0.2) is 13.0 Å². The van der Waals surface area contributed by atoms with Gasteiger partial charge in [0.2, 0.25) is 0 Å². The molecule has 1 heterocycles. The van der Waals surface area contributed by atoms with Crippen molar-refractivity contribution in [3.63, 3.8) is 0 Å². The Morgan fingerprint density at radius 2 is 2.20 bits per heavy atom. The van der Waals surface area contributed by atoms with Crippen LogP contribution in [-0.2, 0) is 11.3 Å². The molecule has 4 nitrogen and oxygen atoms in total. The highest BCUT2D eigenvalue weighted by Gasteiger charge is 2.21. The fraction of sp³-hybridized carbons (Fsp3) is 0.111. The van der Waals surface area contributed by atoms with Crippen molar-refractivity contribution < 1.29 is 13.9 Å². The summed E-state index contributed by atoms with van der Waals surface area (Å²) in [6, 6.07) is 11.3. The standard InChI is InChI=1S/C18H12ClFN2O2S/c1-24-9-12-16-14(20)3-2-4-15(16)25-17(12)18(23)22-11-6-5-10(8-21)13(19)7-11/h2-7H,9H2,1H3,(H,22,23). The Kier molecular flexibility index (Phi) is 5.00. The number of hydrogen-bond donors (Lipinski definition) is 1. The molecule has 0 aliphatic carbocycles. The summed E-state index contributed by atoms with van der Waals surface area (Å²) in [7, 11) is 1.49. The number of nitriles is 1. The molecule has 1 amide bonds. The average Bonchev–Trinajstić information content (AvgIpc) is 2.95. The minimum atomic E-state index is -0.388. The van der Waals surface area contributed by atoms with Crippen LogP contribution in [0.2, 0.25) is 5.02 Å². The first-order valence-electron chi connectivity index (χ1n) is 7.25. The molecule has 1 aromatic heterocycles. The van der Waals surface area contributed by atoms with Gasteiger partial charge in [0.15, 0.2) is 0 Å².